The van der Waals surface area contributed by atoms with Gasteiger partial charge in [-0.1, -0.05) is 6.07 Å². The van der Waals surface area contributed by atoms with Crippen LogP contribution in [0, 0.1) is 0 Å². The van der Waals surface area contributed by atoms with Crippen molar-refractivity contribution in [2.24, 2.45) is 0 Å². The smallest absolute Gasteiger partial charge is 0.145 e. The van der Waals surface area contributed by atoms with Crippen molar-refractivity contribution in [2.75, 3.05) is 25.5 Å². The van der Waals surface area contributed by atoms with Crippen LogP contribution in [-0.2, 0) is 4.74 Å². The van der Waals surface area contributed by atoms with Crippen LogP contribution in [0.25, 0.3) is 17.0 Å². The van der Waals surface area contributed by atoms with Crippen molar-refractivity contribution in [3.05, 3.63) is 43.0 Å². The summed E-state index contributed by atoms with van der Waals surface area (Å²) < 4.78 is 7.47. The topological polar surface area (TPSA) is 76.4 Å². The van der Waals surface area contributed by atoms with Crippen molar-refractivity contribution in [3.8, 4) is 11.4 Å². The summed E-state index contributed by atoms with van der Waals surface area (Å²) in [5.74, 6) is 0.740. The minimum Gasteiger partial charge on any atom is -0.378 e. The maximum Gasteiger partial charge on any atom is 0.145 e. The highest BCUT2D eigenvalue weighted by Gasteiger charge is 2.27. The normalized spacial score (nSPS) is 20.9. The molecule has 7 heteroatoms. The quantitative estimate of drug-likeness (QED) is 0.754. The molecule has 0 bridgehead atoms. The molecule has 3 aromatic rings. The first-order chi connectivity index (χ1) is 11.3. The summed E-state index contributed by atoms with van der Waals surface area (Å²) in [4.78, 5) is 13.4. The molecular weight excluding hydrogens is 292 g/mol. The second-order valence-electron chi connectivity index (χ2n) is 5.55. The van der Waals surface area contributed by atoms with E-state index in [0.717, 1.165) is 35.9 Å². The van der Waals surface area contributed by atoms with Gasteiger partial charge in [0.05, 0.1) is 36.4 Å². The maximum atomic E-state index is 5.47. The van der Waals surface area contributed by atoms with Crippen LogP contribution in [-0.4, -0.2) is 51.7 Å². The molecule has 2 unspecified atom stereocenters. The molecule has 0 saturated carbocycles. The van der Waals surface area contributed by atoms with E-state index < -0.39 is 0 Å². The van der Waals surface area contributed by atoms with Crippen LogP contribution < -0.4 is 10.6 Å². The van der Waals surface area contributed by atoms with Crippen molar-refractivity contribution in [1.29, 1.82) is 0 Å². The molecule has 118 valence electrons. The van der Waals surface area contributed by atoms with E-state index in [1.54, 1.807) is 19.5 Å². The fourth-order valence-corrected chi connectivity index (χ4v) is 2.92. The SMILES string of the molecule is COC1CNCC1Nc1cncc(-c2cnc3ccccn23)n1. The Balaban J connectivity index is 1.64. The van der Waals surface area contributed by atoms with E-state index in [4.69, 9.17) is 4.74 Å². The number of fused-ring (bicyclic) bond motifs is 1. The third kappa shape index (κ3) is 2.64. The third-order valence-electron chi connectivity index (χ3n) is 4.11. The Bertz CT molecular complexity index is 817. The first-order valence-electron chi connectivity index (χ1n) is 7.60. The van der Waals surface area contributed by atoms with Crippen molar-refractivity contribution < 1.29 is 4.74 Å². The number of pyridine rings is 1. The summed E-state index contributed by atoms with van der Waals surface area (Å²) >= 11 is 0. The summed E-state index contributed by atoms with van der Waals surface area (Å²) in [6.07, 6.45) is 7.41. The van der Waals surface area contributed by atoms with Gasteiger partial charge in [0.15, 0.2) is 0 Å². The fraction of sp³-hybridized carbons (Fsp3) is 0.312. The molecule has 2 atom stereocenters. The van der Waals surface area contributed by atoms with Gasteiger partial charge in [-0.3, -0.25) is 9.38 Å². The zero-order chi connectivity index (χ0) is 15.6. The lowest BCUT2D eigenvalue weighted by Gasteiger charge is -2.19. The number of ether oxygens (including phenoxy) is 1. The van der Waals surface area contributed by atoms with Crippen LogP contribution >= 0.6 is 0 Å². The van der Waals surface area contributed by atoms with Gasteiger partial charge in [-0.2, -0.15) is 0 Å². The van der Waals surface area contributed by atoms with Gasteiger partial charge in [0, 0.05) is 26.4 Å². The van der Waals surface area contributed by atoms with E-state index in [0.29, 0.717) is 0 Å². The molecule has 23 heavy (non-hydrogen) atoms. The molecule has 0 aromatic carbocycles. The molecule has 1 saturated heterocycles. The minimum atomic E-state index is 0.135. The van der Waals surface area contributed by atoms with Crippen LogP contribution in [0.15, 0.2) is 43.0 Å². The van der Waals surface area contributed by atoms with Crippen LogP contribution in [0.5, 0.6) is 0 Å². The molecule has 1 aliphatic heterocycles. The lowest BCUT2D eigenvalue weighted by atomic mass is 10.2. The lowest BCUT2D eigenvalue weighted by molar-refractivity contribution is 0.111. The molecule has 0 radical (unpaired) electrons. The predicted molar refractivity (Wildman–Crippen MR) is 87.3 cm³/mol. The van der Waals surface area contributed by atoms with Crippen molar-refractivity contribution in [2.45, 2.75) is 12.1 Å². The number of aromatic nitrogens is 4. The molecule has 2 N–H and O–H groups in total. The van der Waals surface area contributed by atoms with E-state index in [9.17, 15) is 0 Å². The van der Waals surface area contributed by atoms with E-state index in [2.05, 4.69) is 25.6 Å². The molecule has 7 nitrogen and oxygen atoms in total. The third-order valence-corrected chi connectivity index (χ3v) is 4.11. The monoisotopic (exact) mass is 310 g/mol. The fourth-order valence-electron chi connectivity index (χ4n) is 2.92. The molecule has 1 aliphatic rings. The average molecular weight is 310 g/mol. The highest BCUT2D eigenvalue weighted by molar-refractivity contribution is 5.60. The predicted octanol–water partition coefficient (Wildman–Crippen LogP) is 1.19. The summed E-state index contributed by atoms with van der Waals surface area (Å²) in [7, 11) is 1.73. The van der Waals surface area contributed by atoms with Gasteiger partial charge < -0.3 is 15.4 Å². The number of hydrogen-bond donors (Lipinski definition) is 2. The number of nitrogens with zero attached hydrogens (tertiary/aromatic N) is 4. The number of methoxy groups -OCH3 is 1. The standard InChI is InChI=1S/C16H18N6O/c1-23-14-9-17-7-12(14)21-15-10-18-6-11(20-15)13-8-19-16-4-2-3-5-22(13)16/h2-6,8,10,12,14,17H,7,9H2,1H3,(H,20,21). The van der Waals surface area contributed by atoms with Crippen LogP contribution in [0.4, 0.5) is 5.82 Å². The number of nitrogens with one attached hydrogen (secondary N) is 2. The molecule has 4 heterocycles. The number of rotatable bonds is 4. The van der Waals surface area contributed by atoms with Gasteiger partial charge in [0.2, 0.25) is 0 Å². The zero-order valence-electron chi connectivity index (χ0n) is 12.8. The average Bonchev–Trinajstić information content (AvgIpc) is 3.21. The van der Waals surface area contributed by atoms with Crippen LogP contribution in [0.2, 0.25) is 0 Å². The molecule has 3 aromatic heterocycles. The molecule has 0 aliphatic carbocycles. The first-order valence-corrected chi connectivity index (χ1v) is 7.60. The Morgan fingerprint density at radius 2 is 2.22 bits per heavy atom. The highest BCUT2D eigenvalue weighted by atomic mass is 16.5. The Morgan fingerprint density at radius 3 is 3.13 bits per heavy atom. The van der Waals surface area contributed by atoms with Gasteiger partial charge in [-0.25, -0.2) is 9.97 Å². The van der Waals surface area contributed by atoms with E-state index in [1.165, 1.54) is 0 Å². The highest BCUT2D eigenvalue weighted by Crippen LogP contribution is 2.20. The van der Waals surface area contributed by atoms with Crippen molar-refractivity contribution in [1.82, 2.24) is 24.7 Å². The second-order valence-corrected chi connectivity index (χ2v) is 5.55. The van der Waals surface area contributed by atoms with Crippen molar-refractivity contribution >= 4 is 11.5 Å². The lowest BCUT2D eigenvalue weighted by Crippen LogP contribution is -2.33. The van der Waals surface area contributed by atoms with Gasteiger partial charge in [0.1, 0.15) is 17.2 Å². The molecule has 1 fully saturated rings. The Labute approximate surface area is 133 Å². The molecular formula is C16H18N6O. The minimum absolute atomic E-state index is 0.135. The zero-order valence-corrected chi connectivity index (χ0v) is 12.8. The Hall–Kier alpha value is -2.51. The van der Waals surface area contributed by atoms with E-state index >= 15 is 0 Å². The summed E-state index contributed by atoms with van der Waals surface area (Å²) in [5.41, 5.74) is 2.60. The summed E-state index contributed by atoms with van der Waals surface area (Å²) in [6.45, 7) is 1.69. The second kappa shape index (κ2) is 5.94. The largest absolute Gasteiger partial charge is 0.378 e. The molecule has 4 rings (SSSR count). The Kier molecular flexibility index (Phi) is 3.64. The Morgan fingerprint density at radius 1 is 1.26 bits per heavy atom. The van der Waals surface area contributed by atoms with Crippen molar-refractivity contribution in [3.63, 3.8) is 0 Å². The van der Waals surface area contributed by atoms with Crippen LogP contribution in [0.3, 0.4) is 0 Å². The van der Waals surface area contributed by atoms with E-state index in [-0.39, 0.29) is 12.1 Å². The van der Waals surface area contributed by atoms with Gasteiger partial charge in [-0.05, 0) is 12.1 Å². The van der Waals surface area contributed by atoms with Gasteiger partial charge in [-0.15, -0.1) is 0 Å². The first kappa shape index (κ1) is 14.1. The molecule has 0 spiro atoms. The number of imidazole rings is 1. The van der Waals surface area contributed by atoms with Crippen LogP contribution in [0.1, 0.15) is 0 Å². The summed E-state index contributed by atoms with van der Waals surface area (Å²) in [6, 6.07) is 6.09. The molecule has 0 amide bonds. The number of hydrogen-bond acceptors (Lipinski definition) is 6. The van der Waals surface area contributed by atoms with Gasteiger partial charge >= 0.3 is 0 Å². The maximum absolute atomic E-state index is 5.47. The summed E-state index contributed by atoms with van der Waals surface area (Å²) in [5, 5.41) is 6.71. The number of anilines is 1. The van der Waals surface area contributed by atoms with E-state index in [1.807, 2.05) is 35.0 Å². The van der Waals surface area contributed by atoms with Gasteiger partial charge in [0.25, 0.3) is 0 Å².